The molecule has 0 aliphatic heterocycles. The van der Waals surface area contributed by atoms with Crippen molar-refractivity contribution in [1.82, 2.24) is 20.3 Å². The highest BCUT2D eigenvalue weighted by atomic mass is 15.4. The van der Waals surface area contributed by atoms with Crippen molar-refractivity contribution in [3.05, 3.63) is 11.9 Å². The molecule has 1 heterocycles. The predicted molar refractivity (Wildman–Crippen MR) is 89.3 cm³/mol. The van der Waals surface area contributed by atoms with E-state index >= 15 is 0 Å². The van der Waals surface area contributed by atoms with Gasteiger partial charge in [0.15, 0.2) is 0 Å². The number of nitrogens with zero attached hydrogens (tertiary/aromatic N) is 3. The van der Waals surface area contributed by atoms with Gasteiger partial charge in [-0.15, -0.1) is 5.10 Å². The van der Waals surface area contributed by atoms with Crippen LogP contribution in [0.3, 0.4) is 0 Å². The van der Waals surface area contributed by atoms with E-state index in [2.05, 4.69) is 41.1 Å². The Morgan fingerprint density at radius 1 is 1.33 bits per heavy atom. The maximum absolute atomic E-state index is 4.27. The minimum absolute atomic E-state index is 0.572. The van der Waals surface area contributed by atoms with Crippen molar-refractivity contribution in [2.75, 3.05) is 6.54 Å². The normalized spacial score (nSPS) is 15.7. The molecule has 1 atom stereocenters. The van der Waals surface area contributed by atoms with E-state index in [-0.39, 0.29) is 0 Å². The second-order valence-electron chi connectivity index (χ2n) is 6.13. The zero-order chi connectivity index (χ0) is 15.7. The third-order valence-electron chi connectivity index (χ3n) is 4.08. The van der Waals surface area contributed by atoms with Gasteiger partial charge in [0, 0.05) is 12.6 Å². The monoisotopic (exact) mass is 294 g/mol. The Kier molecular flexibility index (Phi) is 8.58. The molecule has 1 fully saturated rings. The summed E-state index contributed by atoms with van der Waals surface area (Å²) in [7, 11) is 0. The topological polar surface area (TPSA) is 42.7 Å². The summed E-state index contributed by atoms with van der Waals surface area (Å²) in [6.07, 6.45) is 8.27. The van der Waals surface area contributed by atoms with E-state index in [1.807, 2.05) is 20.0 Å². The summed E-state index contributed by atoms with van der Waals surface area (Å²) in [6.45, 7) is 12.8. The van der Waals surface area contributed by atoms with Crippen LogP contribution in [0.4, 0.5) is 0 Å². The van der Waals surface area contributed by atoms with Gasteiger partial charge < -0.3 is 5.32 Å². The highest BCUT2D eigenvalue weighted by Crippen LogP contribution is 2.39. The molecule has 1 unspecified atom stereocenters. The first-order valence-electron chi connectivity index (χ1n) is 8.81. The van der Waals surface area contributed by atoms with Crippen LogP contribution in [0.2, 0.25) is 0 Å². The summed E-state index contributed by atoms with van der Waals surface area (Å²) in [6, 6.07) is 0.572. The molecule has 0 spiro atoms. The molecular weight excluding hydrogens is 260 g/mol. The molecule has 122 valence electrons. The first-order chi connectivity index (χ1) is 10.2. The number of nitrogens with one attached hydrogen (secondary N) is 1. The van der Waals surface area contributed by atoms with Crippen molar-refractivity contribution in [3.63, 3.8) is 0 Å². The van der Waals surface area contributed by atoms with Crippen LogP contribution in [0.15, 0.2) is 6.20 Å². The first kappa shape index (κ1) is 18.1. The quantitative estimate of drug-likeness (QED) is 0.707. The molecule has 4 heteroatoms. The smallest absolute Gasteiger partial charge is 0.0725 e. The number of hydrogen-bond acceptors (Lipinski definition) is 3. The lowest BCUT2D eigenvalue weighted by Gasteiger charge is -2.15. The molecule has 2 rings (SSSR count). The van der Waals surface area contributed by atoms with Gasteiger partial charge in [-0.05, 0) is 44.1 Å². The van der Waals surface area contributed by atoms with Crippen molar-refractivity contribution >= 4 is 0 Å². The Morgan fingerprint density at radius 2 is 2.05 bits per heavy atom. The molecule has 0 radical (unpaired) electrons. The Balaban J connectivity index is 0.00000106. The summed E-state index contributed by atoms with van der Waals surface area (Å²) in [5.74, 6) is 1.75. The minimum Gasteiger partial charge on any atom is -0.315 e. The van der Waals surface area contributed by atoms with Crippen LogP contribution in [0.1, 0.15) is 66.0 Å². The maximum Gasteiger partial charge on any atom is 0.0725 e. The second-order valence-corrected chi connectivity index (χ2v) is 6.13. The largest absolute Gasteiger partial charge is 0.315 e. The van der Waals surface area contributed by atoms with Crippen molar-refractivity contribution in [3.8, 4) is 0 Å². The molecule has 1 aliphatic rings. The van der Waals surface area contributed by atoms with Crippen molar-refractivity contribution in [1.29, 1.82) is 0 Å². The third-order valence-corrected chi connectivity index (χ3v) is 4.08. The minimum atomic E-state index is 0.572. The predicted octanol–water partition coefficient (Wildman–Crippen LogP) is 3.67. The Labute approximate surface area is 130 Å². The van der Waals surface area contributed by atoms with E-state index in [1.165, 1.54) is 25.0 Å². The molecule has 1 N–H and O–H groups in total. The highest BCUT2D eigenvalue weighted by Gasteiger charge is 2.30. The fourth-order valence-electron chi connectivity index (χ4n) is 2.69. The average Bonchev–Trinajstić information content (AvgIpc) is 3.24. The van der Waals surface area contributed by atoms with Crippen LogP contribution >= 0.6 is 0 Å². The molecule has 1 aromatic heterocycles. The summed E-state index contributed by atoms with van der Waals surface area (Å²) in [5, 5.41) is 11.8. The molecule has 0 saturated heterocycles. The first-order valence-corrected chi connectivity index (χ1v) is 8.81. The molecule has 21 heavy (non-hydrogen) atoms. The van der Waals surface area contributed by atoms with Gasteiger partial charge in [0.05, 0.1) is 11.9 Å². The maximum atomic E-state index is 4.27. The van der Waals surface area contributed by atoms with Crippen LogP contribution in [0.5, 0.6) is 0 Å². The number of hydrogen-bond donors (Lipinski definition) is 1. The molecule has 1 aromatic rings. The van der Waals surface area contributed by atoms with Gasteiger partial charge in [-0.3, -0.25) is 0 Å². The van der Waals surface area contributed by atoms with Crippen LogP contribution in [0, 0.1) is 11.8 Å². The van der Waals surface area contributed by atoms with E-state index in [0.717, 1.165) is 37.8 Å². The zero-order valence-electron chi connectivity index (χ0n) is 14.6. The molecule has 1 aliphatic carbocycles. The lowest BCUT2D eigenvalue weighted by molar-refractivity contribution is 0.352. The second kappa shape index (κ2) is 9.93. The SMILES string of the molecule is CC.CCC(Cn1nncc1CCCNC(C)C)C1CC1. The number of aromatic nitrogens is 3. The number of rotatable bonds is 9. The molecule has 0 amide bonds. The van der Waals surface area contributed by atoms with Gasteiger partial charge in [-0.25, -0.2) is 4.68 Å². The van der Waals surface area contributed by atoms with Gasteiger partial charge in [0.25, 0.3) is 0 Å². The van der Waals surface area contributed by atoms with Crippen LogP contribution in [0.25, 0.3) is 0 Å². The van der Waals surface area contributed by atoms with Crippen molar-refractivity contribution < 1.29 is 0 Å². The van der Waals surface area contributed by atoms with E-state index in [0.29, 0.717) is 6.04 Å². The fourth-order valence-corrected chi connectivity index (χ4v) is 2.69. The summed E-state index contributed by atoms with van der Waals surface area (Å²) in [5.41, 5.74) is 1.30. The van der Waals surface area contributed by atoms with Crippen LogP contribution < -0.4 is 5.32 Å². The third kappa shape index (κ3) is 6.60. The van der Waals surface area contributed by atoms with E-state index in [1.54, 1.807) is 0 Å². The van der Waals surface area contributed by atoms with Gasteiger partial charge >= 0.3 is 0 Å². The molecule has 1 saturated carbocycles. The standard InChI is InChI=1S/C15H28N4.C2H6/c1-4-13(14-7-8-14)11-19-15(10-17-18-19)6-5-9-16-12(2)3;1-2/h10,12-14,16H,4-9,11H2,1-3H3;1-2H3. The lowest BCUT2D eigenvalue weighted by Crippen LogP contribution is -2.24. The Hall–Kier alpha value is -0.900. The molecule has 0 aromatic carbocycles. The van der Waals surface area contributed by atoms with E-state index < -0.39 is 0 Å². The zero-order valence-corrected chi connectivity index (χ0v) is 14.6. The highest BCUT2D eigenvalue weighted by molar-refractivity contribution is 4.95. The average molecular weight is 294 g/mol. The van der Waals surface area contributed by atoms with E-state index in [4.69, 9.17) is 0 Å². The molecule has 4 nitrogen and oxygen atoms in total. The van der Waals surface area contributed by atoms with Crippen LogP contribution in [-0.4, -0.2) is 27.6 Å². The van der Waals surface area contributed by atoms with Gasteiger partial charge in [0.1, 0.15) is 0 Å². The Morgan fingerprint density at radius 3 is 2.62 bits per heavy atom. The van der Waals surface area contributed by atoms with Gasteiger partial charge in [0.2, 0.25) is 0 Å². The number of aryl methyl sites for hydroxylation is 1. The van der Waals surface area contributed by atoms with Gasteiger partial charge in [-0.1, -0.05) is 46.3 Å². The molecular formula is C17H34N4. The summed E-state index contributed by atoms with van der Waals surface area (Å²) in [4.78, 5) is 0. The fraction of sp³-hybridized carbons (Fsp3) is 0.882. The van der Waals surface area contributed by atoms with Crippen molar-refractivity contribution in [2.24, 2.45) is 11.8 Å². The van der Waals surface area contributed by atoms with Crippen LogP contribution in [-0.2, 0) is 13.0 Å². The summed E-state index contributed by atoms with van der Waals surface area (Å²) >= 11 is 0. The van der Waals surface area contributed by atoms with Gasteiger partial charge in [-0.2, -0.15) is 0 Å². The lowest BCUT2D eigenvalue weighted by atomic mass is 10.0. The Bertz CT molecular complexity index is 369. The summed E-state index contributed by atoms with van der Waals surface area (Å²) < 4.78 is 2.14. The van der Waals surface area contributed by atoms with E-state index in [9.17, 15) is 0 Å². The molecule has 0 bridgehead atoms. The van der Waals surface area contributed by atoms with Crippen molar-refractivity contribution in [2.45, 2.75) is 79.3 Å².